The maximum absolute atomic E-state index is 12.4. The van der Waals surface area contributed by atoms with E-state index >= 15 is 0 Å². The number of nitrogens with one attached hydrogen (secondary N) is 3. The second-order valence-corrected chi connectivity index (χ2v) is 7.63. The number of rotatable bonds is 5. The van der Waals surface area contributed by atoms with E-state index in [9.17, 15) is 24.3 Å². The van der Waals surface area contributed by atoms with E-state index in [1.165, 1.54) is 14.0 Å². The number of anilines is 1. The average Bonchev–Trinajstić information content (AvgIpc) is 2.48. The minimum Gasteiger partial charge on any atom is -0.545 e. The van der Waals surface area contributed by atoms with Gasteiger partial charge in [0.05, 0.1) is 27.3 Å². The predicted octanol–water partition coefficient (Wildman–Crippen LogP) is -2.70. The molecular weight excluding hydrogens is 682 g/mol. The molecule has 0 aliphatic rings. The summed E-state index contributed by atoms with van der Waals surface area (Å²) in [7, 11) is 1.43. The number of carbonyl (C=O) groups is 4. The van der Waals surface area contributed by atoms with Gasteiger partial charge in [0, 0.05) is 26.7 Å². The number of carboxylic acid groups (broad SMARTS) is 1. The fourth-order valence-electron chi connectivity index (χ4n) is 1.67. The number of aromatic carboxylic acids is 1. The van der Waals surface area contributed by atoms with Crippen molar-refractivity contribution in [1.29, 1.82) is 0 Å². The average molecular weight is 693 g/mol. The Labute approximate surface area is 206 Å². The first kappa shape index (κ1) is 25.3. The smallest absolute Gasteiger partial charge is 0.545 e. The molecule has 3 N–H and O–H groups in total. The van der Waals surface area contributed by atoms with Crippen LogP contribution in [0.25, 0.3) is 0 Å². The monoisotopic (exact) mass is 693 g/mol. The molecule has 0 atom stereocenters. The van der Waals surface area contributed by atoms with Gasteiger partial charge in [0.15, 0.2) is 0 Å². The third kappa shape index (κ3) is 6.44. The Balaban J connectivity index is 0.00000576. The normalized spacial score (nSPS) is 9.64. The Morgan fingerprint density at radius 1 is 1.00 bits per heavy atom. The number of likely N-dealkylation sites (N-methyl/N-ethyl adjacent to an activating group) is 1. The molecule has 0 aliphatic carbocycles. The van der Waals surface area contributed by atoms with Crippen molar-refractivity contribution in [3.8, 4) is 0 Å². The van der Waals surface area contributed by atoms with Gasteiger partial charge in [-0.3, -0.25) is 14.4 Å². The summed E-state index contributed by atoms with van der Waals surface area (Å²) in [6.07, 6.45) is 0. The first-order valence-corrected chi connectivity index (χ1v) is 9.53. The van der Waals surface area contributed by atoms with E-state index in [0.717, 1.165) is 0 Å². The minimum atomic E-state index is -1.47. The minimum absolute atomic E-state index is 0. The number of hydrogen-bond donors (Lipinski definition) is 3. The van der Waals surface area contributed by atoms with E-state index in [1.807, 2.05) is 22.6 Å². The van der Waals surface area contributed by atoms with Gasteiger partial charge in [0.2, 0.25) is 11.8 Å². The van der Waals surface area contributed by atoms with Crippen LogP contribution in [0.3, 0.4) is 0 Å². The van der Waals surface area contributed by atoms with Crippen molar-refractivity contribution in [2.24, 2.45) is 0 Å². The zero-order valence-electron chi connectivity index (χ0n) is 13.4. The Hall–Kier alpha value is 0.290. The van der Waals surface area contributed by atoms with Crippen molar-refractivity contribution >= 4 is 97.2 Å². The maximum Gasteiger partial charge on any atom is 1.00 e. The molecule has 130 valence electrons. The molecule has 1 aromatic carbocycles. The van der Waals surface area contributed by atoms with E-state index in [1.54, 1.807) is 45.2 Å². The van der Waals surface area contributed by atoms with Crippen LogP contribution in [0.4, 0.5) is 5.69 Å². The van der Waals surface area contributed by atoms with Crippen LogP contribution in [-0.2, 0) is 9.59 Å². The molecule has 3 amide bonds. The Morgan fingerprint density at radius 3 is 1.96 bits per heavy atom. The summed E-state index contributed by atoms with van der Waals surface area (Å²) in [6, 6.07) is 0. The Morgan fingerprint density at radius 2 is 1.52 bits per heavy atom. The zero-order chi connectivity index (χ0) is 18.6. The summed E-state index contributed by atoms with van der Waals surface area (Å²) in [5, 5.41) is 18.7. The van der Waals surface area contributed by atoms with Gasteiger partial charge in [-0.25, -0.2) is 0 Å². The van der Waals surface area contributed by atoms with Gasteiger partial charge in [0.1, 0.15) is 0 Å². The van der Waals surface area contributed by atoms with Gasteiger partial charge in [0.25, 0.3) is 5.91 Å². The Bertz CT molecular complexity index is 742. The van der Waals surface area contributed by atoms with E-state index in [-0.39, 0.29) is 60.1 Å². The zero-order valence-corrected chi connectivity index (χ0v) is 21.9. The first-order chi connectivity index (χ1) is 11.1. The van der Waals surface area contributed by atoms with E-state index in [0.29, 0.717) is 3.57 Å². The Kier molecular flexibility index (Phi) is 11.3. The third-order valence-corrected chi connectivity index (χ3v) is 5.97. The molecular formula is C13H11I3N3NaO5. The number of carbonyl (C=O) groups excluding carboxylic acids is 4. The molecule has 1 rings (SSSR count). The topological polar surface area (TPSA) is 127 Å². The molecule has 0 fully saturated rings. The molecule has 0 bridgehead atoms. The van der Waals surface area contributed by atoms with Crippen molar-refractivity contribution in [3.63, 3.8) is 0 Å². The van der Waals surface area contributed by atoms with E-state index in [2.05, 4.69) is 16.0 Å². The van der Waals surface area contributed by atoms with Crippen LogP contribution in [0.5, 0.6) is 0 Å². The summed E-state index contributed by atoms with van der Waals surface area (Å²) in [4.78, 5) is 46.5. The number of carboxylic acids is 1. The van der Waals surface area contributed by atoms with Gasteiger partial charge in [-0.05, 0) is 67.8 Å². The number of hydrogen-bond acceptors (Lipinski definition) is 5. The number of halogens is 3. The molecule has 12 heteroatoms. The molecule has 25 heavy (non-hydrogen) atoms. The van der Waals surface area contributed by atoms with Gasteiger partial charge in [-0.15, -0.1) is 0 Å². The largest absolute Gasteiger partial charge is 1.00 e. The molecule has 0 saturated heterocycles. The molecule has 0 aromatic heterocycles. The summed E-state index contributed by atoms with van der Waals surface area (Å²) < 4.78 is 0.806. The van der Waals surface area contributed by atoms with Crippen molar-refractivity contribution in [2.45, 2.75) is 6.92 Å². The van der Waals surface area contributed by atoms with Gasteiger partial charge < -0.3 is 25.9 Å². The van der Waals surface area contributed by atoms with Crippen LogP contribution in [-0.4, -0.2) is 37.3 Å². The molecule has 0 saturated carbocycles. The van der Waals surface area contributed by atoms with Crippen molar-refractivity contribution in [3.05, 3.63) is 21.8 Å². The SMILES string of the molecule is CNC(=O)CNC(=O)c1c(I)c(NC(C)=O)c(I)c(C(=O)[O-])c1I.[Na+]. The first-order valence-electron chi connectivity index (χ1n) is 6.29. The van der Waals surface area contributed by atoms with Crippen LogP contribution in [0.15, 0.2) is 0 Å². The quantitative estimate of drug-likeness (QED) is 0.229. The summed E-state index contributed by atoms with van der Waals surface area (Å²) in [5.41, 5.74) is 0.0855. The van der Waals surface area contributed by atoms with Crippen molar-refractivity contribution in [2.75, 3.05) is 18.9 Å². The summed E-state index contributed by atoms with van der Waals surface area (Å²) in [6.45, 7) is 1.01. The van der Waals surface area contributed by atoms with Gasteiger partial charge in [-0.2, -0.15) is 0 Å². The van der Waals surface area contributed by atoms with Crippen LogP contribution in [0, 0.1) is 10.7 Å². The predicted molar refractivity (Wildman–Crippen MR) is 110 cm³/mol. The fourth-order valence-corrected chi connectivity index (χ4v) is 6.03. The number of benzene rings is 1. The van der Waals surface area contributed by atoms with Crippen LogP contribution in [0.2, 0.25) is 0 Å². The van der Waals surface area contributed by atoms with E-state index < -0.39 is 23.7 Å². The number of amides is 3. The maximum atomic E-state index is 12.4. The third-order valence-electron chi connectivity index (χ3n) is 2.74. The van der Waals surface area contributed by atoms with Crippen LogP contribution < -0.4 is 50.6 Å². The van der Waals surface area contributed by atoms with E-state index in [4.69, 9.17) is 0 Å². The van der Waals surface area contributed by atoms with Crippen LogP contribution >= 0.6 is 67.8 Å². The van der Waals surface area contributed by atoms with Crippen molar-refractivity contribution < 1.29 is 53.8 Å². The second kappa shape index (κ2) is 11.2. The molecule has 8 nitrogen and oxygen atoms in total. The van der Waals surface area contributed by atoms with Gasteiger partial charge in [-0.1, -0.05) is 0 Å². The van der Waals surface area contributed by atoms with Crippen molar-refractivity contribution in [1.82, 2.24) is 10.6 Å². The molecule has 1 aromatic rings. The molecule has 0 aliphatic heterocycles. The molecule has 0 radical (unpaired) electrons. The second-order valence-electron chi connectivity index (χ2n) is 4.39. The standard InChI is InChI=1S/C13H12I3N3O5.Na/c1-4(20)19-11-9(15)6(12(22)18-3-5(21)17-2)8(14)7(10(11)16)13(23)24;/h3H2,1-2H3,(H,17,21)(H,18,22)(H,19,20)(H,23,24);/q;+1/p-1. The molecule has 0 spiro atoms. The fraction of sp³-hybridized carbons (Fsp3) is 0.231. The summed E-state index contributed by atoms with van der Waals surface area (Å²) >= 11 is 5.36. The molecule has 0 unspecified atom stereocenters. The molecule has 0 heterocycles. The summed E-state index contributed by atoms with van der Waals surface area (Å²) in [5.74, 6) is -2.90. The van der Waals surface area contributed by atoms with Crippen LogP contribution in [0.1, 0.15) is 27.6 Å². The van der Waals surface area contributed by atoms with Gasteiger partial charge >= 0.3 is 29.6 Å².